The molecule has 0 saturated carbocycles. The zero-order valence-corrected chi connectivity index (χ0v) is 14.9. The molecule has 0 heterocycles. The molecule has 6 nitrogen and oxygen atoms in total. The van der Waals surface area contributed by atoms with E-state index in [0.717, 1.165) is 0 Å². The van der Waals surface area contributed by atoms with Crippen LogP contribution < -0.4 is 20.1 Å². The molecule has 0 saturated heterocycles. The van der Waals surface area contributed by atoms with Crippen LogP contribution in [0.15, 0.2) is 18.2 Å². The minimum Gasteiger partial charge on any atom is -0.493 e. The van der Waals surface area contributed by atoms with E-state index in [2.05, 4.69) is 10.6 Å². The lowest BCUT2D eigenvalue weighted by atomic mass is 9.89. The van der Waals surface area contributed by atoms with Crippen LogP contribution in [0.2, 0.25) is 0 Å². The lowest BCUT2D eigenvalue weighted by Gasteiger charge is -2.28. The van der Waals surface area contributed by atoms with E-state index >= 15 is 0 Å². The second-order valence-corrected chi connectivity index (χ2v) is 6.85. The lowest BCUT2D eigenvalue weighted by Crippen LogP contribution is -2.51. The van der Waals surface area contributed by atoms with Gasteiger partial charge in [-0.05, 0) is 46.8 Å². The van der Waals surface area contributed by atoms with Gasteiger partial charge in [-0.1, -0.05) is 0 Å². The molecule has 1 rings (SSSR count). The van der Waals surface area contributed by atoms with E-state index < -0.39 is 16.9 Å². The molecule has 0 fully saturated rings. The lowest BCUT2D eigenvalue weighted by molar-refractivity contribution is -0.139. The maximum Gasteiger partial charge on any atom is 0.239 e. The molecule has 2 amide bonds. The summed E-state index contributed by atoms with van der Waals surface area (Å²) in [7, 11) is 3.06. The van der Waals surface area contributed by atoms with Crippen LogP contribution in [0, 0.1) is 5.41 Å². The number of anilines is 1. The maximum atomic E-state index is 12.5. The quantitative estimate of drug-likeness (QED) is 0.817. The highest BCUT2D eigenvalue weighted by Crippen LogP contribution is 2.30. The van der Waals surface area contributed by atoms with Gasteiger partial charge in [0.2, 0.25) is 11.8 Å². The second-order valence-electron chi connectivity index (χ2n) is 6.85. The molecule has 0 atom stereocenters. The molecule has 0 unspecified atom stereocenters. The molecule has 0 aliphatic carbocycles. The van der Waals surface area contributed by atoms with Crippen molar-refractivity contribution in [1.82, 2.24) is 5.32 Å². The molecule has 1 aromatic carbocycles. The first-order valence-electron chi connectivity index (χ1n) is 7.37. The molecular weight excluding hydrogens is 296 g/mol. The summed E-state index contributed by atoms with van der Waals surface area (Å²) in [6.07, 6.45) is 0. The van der Waals surface area contributed by atoms with E-state index in [1.54, 1.807) is 32.0 Å². The van der Waals surface area contributed by atoms with E-state index in [9.17, 15) is 9.59 Å². The predicted molar refractivity (Wildman–Crippen MR) is 89.9 cm³/mol. The average molecular weight is 322 g/mol. The van der Waals surface area contributed by atoms with Crippen LogP contribution in [0.5, 0.6) is 11.5 Å². The third kappa shape index (κ3) is 4.87. The highest BCUT2D eigenvalue weighted by Gasteiger charge is 2.37. The molecule has 0 aromatic heterocycles. The molecule has 0 aliphatic rings. The van der Waals surface area contributed by atoms with Crippen LogP contribution in [0.25, 0.3) is 0 Å². The van der Waals surface area contributed by atoms with E-state index in [0.29, 0.717) is 17.2 Å². The fraction of sp³-hybridized carbons (Fsp3) is 0.529. The van der Waals surface area contributed by atoms with E-state index in [-0.39, 0.29) is 5.91 Å². The van der Waals surface area contributed by atoms with E-state index in [4.69, 9.17) is 9.47 Å². The highest BCUT2D eigenvalue weighted by atomic mass is 16.5. The van der Waals surface area contributed by atoms with Crippen molar-refractivity contribution < 1.29 is 19.1 Å². The van der Waals surface area contributed by atoms with Gasteiger partial charge >= 0.3 is 0 Å². The van der Waals surface area contributed by atoms with Crippen LogP contribution in [0.1, 0.15) is 34.6 Å². The number of nitrogens with one attached hydrogen (secondary N) is 2. The fourth-order valence-electron chi connectivity index (χ4n) is 1.80. The molecule has 128 valence electrons. The number of hydrogen-bond acceptors (Lipinski definition) is 4. The van der Waals surface area contributed by atoms with Gasteiger partial charge in [0.1, 0.15) is 5.41 Å². The Bertz CT molecular complexity index is 589. The van der Waals surface area contributed by atoms with Crippen LogP contribution >= 0.6 is 0 Å². The van der Waals surface area contributed by atoms with Gasteiger partial charge in [-0.3, -0.25) is 9.59 Å². The number of amides is 2. The summed E-state index contributed by atoms with van der Waals surface area (Å²) in [5.74, 6) is 0.340. The molecule has 2 N–H and O–H groups in total. The van der Waals surface area contributed by atoms with E-state index in [1.165, 1.54) is 14.2 Å². The molecule has 6 heteroatoms. The molecule has 0 spiro atoms. The summed E-state index contributed by atoms with van der Waals surface area (Å²) in [6.45, 7) is 8.78. The minimum atomic E-state index is -1.21. The Hall–Kier alpha value is -2.24. The van der Waals surface area contributed by atoms with Crippen molar-refractivity contribution in [2.75, 3.05) is 19.5 Å². The normalized spacial score (nSPS) is 11.6. The predicted octanol–water partition coefficient (Wildman–Crippen LogP) is 2.58. The van der Waals surface area contributed by atoms with Crippen molar-refractivity contribution in [3.63, 3.8) is 0 Å². The SMILES string of the molecule is COc1ccc(NC(=O)C(C)(C)C(=O)NC(C)(C)C)cc1OC. The molecule has 0 radical (unpaired) electrons. The van der Waals surface area contributed by atoms with Gasteiger partial charge in [-0.15, -0.1) is 0 Å². The number of ether oxygens (including phenoxy) is 2. The van der Waals surface area contributed by atoms with Crippen molar-refractivity contribution in [3.05, 3.63) is 18.2 Å². The monoisotopic (exact) mass is 322 g/mol. The Morgan fingerprint density at radius 1 is 0.913 bits per heavy atom. The van der Waals surface area contributed by atoms with Crippen molar-refractivity contribution in [2.45, 2.75) is 40.2 Å². The zero-order valence-electron chi connectivity index (χ0n) is 14.9. The van der Waals surface area contributed by atoms with Gasteiger partial charge in [-0.25, -0.2) is 0 Å². The van der Waals surface area contributed by atoms with Gasteiger partial charge in [0.25, 0.3) is 0 Å². The van der Waals surface area contributed by atoms with Crippen LogP contribution in [0.3, 0.4) is 0 Å². The summed E-state index contributed by atoms with van der Waals surface area (Å²) < 4.78 is 10.4. The summed E-state index contributed by atoms with van der Waals surface area (Å²) in [4.78, 5) is 24.8. The molecule has 23 heavy (non-hydrogen) atoms. The topological polar surface area (TPSA) is 76.7 Å². The molecule has 0 aliphatic heterocycles. The highest BCUT2D eigenvalue weighted by molar-refractivity contribution is 6.10. The van der Waals surface area contributed by atoms with Crippen LogP contribution in [-0.4, -0.2) is 31.6 Å². The zero-order chi connectivity index (χ0) is 17.8. The largest absolute Gasteiger partial charge is 0.493 e. The summed E-state index contributed by atoms with van der Waals surface area (Å²) in [5, 5.41) is 5.56. The van der Waals surface area contributed by atoms with Gasteiger partial charge in [0.15, 0.2) is 11.5 Å². The first-order valence-corrected chi connectivity index (χ1v) is 7.37. The Morgan fingerprint density at radius 3 is 1.96 bits per heavy atom. The summed E-state index contributed by atoms with van der Waals surface area (Å²) >= 11 is 0. The molecule has 0 bridgehead atoms. The standard InChI is InChI=1S/C17H26N2O4/c1-16(2,3)19-15(21)17(4,5)14(20)18-11-8-9-12(22-6)13(10-11)23-7/h8-10H,1-7H3,(H,18,20)(H,19,21). The Balaban J connectivity index is 2.92. The summed E-state index contributed by atoms with van der Waals surface area (Å²) in [6, 6.07) is 5.03. The first kappa shape index (κ1) is 18.8. The number of hydrogen-bond donors (Lipinski definition) is 2. The minimum absolute atomic E-state index is 0.331. The van der Waals surface area contributed by atoms with Gasteiger partial charge in [0, 0.05) is 17.3 Å². The van der Waals surface area contributed by atoms with Crippen molar-refractivity contribution in [2.24, 2.45) is 5.41 Å². The number of rotatable bonds is 5. The third-order valence-corrected chi connectivity index (χ3v) is 3.27. The van der Waals surface area contributed by atoms with Gasteiger partial charge in [0.05, 0.1) is 14.2 Å². The smallest absolute Gasteiger partial charge is 0.239 e. The van der Waals surface area contributed by atoms with Crippen LogP contribution in [-0.2, 0) is 9.59 Å². The molecule has 1 aromatic rings. The van der Waals surface area contributed by atoms with Gasteiger partial charge in [-0.2, -0.15) is 0 Å². The number of carbonyl (C=O) groups excluding carboxylic acids is 2. The summed E-state index contributed by atoms with van der Waals surface area (Å²) in [5.41, 5.74) is -1.08. The Labute approximate surface area is 137 Å². The first-order chi connectivity index (χ1) is 10.5. The number of methoxy groups -OCH3 is 2. The van der Waals surface area contributed by atoms with Crippen molar-refractivity contribution in [1.29, 1.82) is 0 Å². The Morgan fingerprint density at radius 2 is 1.48 bits per heavy atom. The van der Waals surface area contributed by atoms with Gasteiger partial charge < -0.3 is 20.1 Å². The van der Waals surface area contributed by atoms with Crippen molar-refractivity contribution >= 4 is 17.5 Å². The van der Waals surface area contributed by atoms with Crippen molar-refractivity contribution in [3.8, 4) is 11.5 Å². The fourth-order valence-corrected chi connectivity index (χ4v) is 1.80. The van der Waals surface area contributed by atoms with Crippen LogP contribution in [0.4, 0.5) is 5.69 Å². The third-order valence-electron chi connectivity index (χ3n) is 3.27. The maximum absolute atomic E-state index is 12.5. The average Bonchev–Trinajstić information content (AvgIpc) is 2.45. The Kier molecular flexibility index (Phi) is 5.64. The van der Waals surface area contributed by atoms with E-state index in [1.807, 2.05) is 20.8 Å². The number of benzene rings is 1. The molecular formula is C17H26N2O4. The second kappa shape index (κ2) is 6.89. The number of carbonyl (C=O) groups is 2.